The summed E-state index contributed by atoms with van der Waals surface area (Å²) >= 11 is 1.74. The maximum absolute atomic E-state index is 6.64. The van der Waals surface area contributed by atoms with Crippen molar-refractivity contribution in [2.45, 2.75) is 17.0 Å². The molecule has 31 heavy (non-hydrogen) atoms. The van der Waals surface area contributed by atoms with Gasteiger partial charge in [-0.15, -0.1) is 11.8 Å². The lowest BCUT2D eigenvalue weighted by atomic mass is 9.84. The van der Waals surface area contributed by atoms with E-state index in [1.807, 2.05) is 28.9 Å². The largest absolute Gasteiger partial charge is 0.480 e. The second kappa shape index (κ2) is 7.32. The molecule has 0 saturated heterocycles. The SMILES string of the molecule is CSc1ccc([C@@H]2Oc3ccccc3C3=C2[C@H](c2ccccc2)n2ncnc2N3)cc1. The highest BCUT2D eigenvalue weighted by Crippen LogP contribution is 2.50. The summed E-state index contributed by atoms with van der Waals surface area (Å²) in [5, 5.41) is 8.11. The van der Waals surface area contributed by atoms with Gasteiger partial charge in [0.15, 0.2) is 0 Å². The van der Waals surface area contributed by atoms with Crippen LogP contribution in [0.1, 0.15) is 28.8 Å². The van der Waals surface area contributed by atoms with Crippen LogP contribution in [0.25, 0.3) is 5.70 Å². The highest BCUT2D eigenvalue weighted by Gasteiger charge is 2.40. The van der Waals surface area contributed by atoms with Gasteiger partial charge in [0.25, 0.3) is 0 Å². The number of nitrogens with one attached hydrogen (secondary N) is 1. The van der Waals surface area contributed by atoms with Gasteiger partial charge in [-0.3, -0.25) is 0 Å². The fourth-order valence-corrected chi connectivity index (χ4v) is 4.84. The van der Waals surface area contributed by atoms with Crippen LogP contribution in [-0.4, -0.2) is 21.0 Å². The van der Waals surface area contributed by atoms with Crippen molar-refractivity contribution in [3.8, 4) is 5.75 Å². The molecule has 3 aromatic carbocycles. The quantitative estimate of drug-likeness (QED) is 0.437. The van der Waals surface area contributed by atoms with Gasteiger partial charge in [-0.2, -0.15) is 10.1 Å². The highest BCUT2D eigenvalue weighted by molar-refractivity contribution is 7.98. The smallest absolute Gasteiger partial charge is 0.226 e. The van der Waals surface area contributed by atoms with E-state index in [4.69, 9.17) is 4.74 Å². The van der Waals surface area contributed by atoms with Gasteiger partial charge in [-0.05, 0) is 41.6 Å². The van der Waals surface area contributed by atoms with Crippen molar-refractivity contribution in [2.75, 3.05) is 11.6 Å². The Morgan fingerprint density at radius 1 is 0.903 bits per heavy atom. The lowest BCUT2D eigenvalue weighted by Crippen LogP contribution is -2.32. The molecule has 0 saturated carbocycles. The van der Waals surface area contributed by atoms with Crippen LogP contribution < -0.4 is 10.1 Å². The molecule has 0 aliphatic carbocycles. The zero-order valence-electron chi connectivity index (χ0n) is 16.9. The zero-order chi connectivity index (χ0) is 20.8. The highest BCUT2D eigenvalue weighted by atomic mass is 32.2. The standard InChI is InChI=1S/C25H20N4OS/c1-31-18-13-11-17(12-14-18)24-21-22(19-9-5-6-10-20(19)30-24)28-25-26-15-27-29(25)23(21)16-7-3-2-4-8-16/h2-15,23-24H,1H3,(H,26,27,28)/t23-,24-/m0/s1. The van der Waals surface area contributed by atoms with Gasteiger partial charge in [-0.1, -0.05) is 54.6 Å². The molecule has 3 heterocycles. The van der Waals surface area contributed by atoms with E-state index in [0.717, 1.165) is 39.7 Å². The van der Waals surface area contributed by atoms with Gasteiger partial charge in [-0.25, -0.2) is 4.68 Å². The van der Waals surface area contributed by atoms with E-state index in [9.17, 15) is 0 Å². The van der Waals surface area contributed by atoms with Gasteiger partial charge in [0, 0.05) is 16.0 Å². The maximum Gasteiger partial charge on any atom is 0.226 e. The lowest BCUT2D eigenvalue weighted by Gasteiger charge is -2.39. The average Bonchev–Trinajstić information content (AvgIpc) is 3.31. The van der Waals surface area contributed by atoms with Crippen molar-refractivity contribution in [2.24, 2.45) is 0 Å². The first-order chi connectivity index (χ1) is 15.3. The van der Waals surface area contributed by atoms with Crippen LogP contribution in [0, 0.1) is 0 Å². The summed E-state index contributed by atoms with van der Waals surface area (Å²) in [6.07, 6.45) is 3.45. The number of rotatable bonds is 3. The molecule has 0 bridgehead atoms. The van der Waals surface area contributed by atoms with Crippen molar-refractivity contribution in [1.29, 1.82) is 0 Å². The monoisotopic (exact) mass is 424 g/mol. The number of nitrogens with zero attached hydrogens (tertiary/aromatic N) is 3. The zero-order valence-corrected chi connectivity index (χ0v) is 17.7. The van der Waals surface area contributed by atoms with E-state index >= 15 is 0 Å². The lowest BCUT2D eigenvalue weighted by molar-refractivity contribution is 0.223. The molecule has 2 aliphatic rings. The summed E-state index contributed by atoms with van der Waals surface area (Å²) in [6, 6.07) is 27.1. The Bertz CT molecular complexity index is 1280. The van der Waals surface area contributed by atoms with Crippen LogP contribution in [0.4, 0.5) is 5.95 Å². The van der Waals surface area contributed by atoms with Crippen molar-refractivity contribution < 1.29 is 4.74 Å². The Labute approximate surface area is 184 Å². The van der Waals surface area contributed by atoms with E-state index in [0.29, 0.717) is 0 Å². The number of ether oxygens (including phenoxy) is 1. The van der Waals surface area contributed by atoms with Crippen molar-refractivity contribution in [3.63, 3.8) is 0 Å². The summed E-state index contributed by atoms with van der Waals surface area (Å²) < 4.78 is 8.59. The van der Waals surface area contributed by atoms with Gasteiger partial charge in [0.05, 0.1) is 5.70 Å². The van der Waals surface area contributed by atoms with Crippen LogP contribution in [-0.2, 0) is 0 Å². The van der Waals surface area contributed by atoms with Gasteiger partial charge < -0.3 is 10.1 Å². The fourth-order valence-electron chi connectivity index (χ4n) is 4.43. The molecule has 6 rings (SSSR count). The number of benzene rings is 3. The van der Waals surface area contributed by atoms with E-state index in [1.54, 1.807) is 18.1 Å². The predicted molar refractivity (Wildman–Crippen MR) is 123 cm³/mol. The first-order valence-electron chi connectivity index (χ1n) is 10.2. The Hall–Kier alpha value is -3.51. The second-order valence-corrected chi connectivity index (χ2v) is 8.44. The molecule has 1 aromatic heterocycles. The van der Waals surface area contributed by atoms with Crippen molar-refractivity contribution >= 4 is 23.4 Å². The van der Waals surface area contributed by atoms with Crippen molar-refractivity contribution in [3.05, 3.63) is 107 Å². The summed E-state index contributed by atoms with van der Waals surface area (Å²) in [5.74, 6) is 1.60. The number of thioether (sulfide) groups is 1. The second-order valence-electron chi connectivity index (χ2n) is 7.56. The fraction of sp³-hybridized carbons (Fsp3) is 0.120. The molecule has 6 heteroatoms. The topological polar surface area (TPSA) is 52.0 Å². The summed E-state index contributed by atoms with van der Waals surface area (Å²) in [7, 11) is 0. The normalized spacial score (nSPS) is 19.0. The maximum atomic E-state index is 6.64. The van der Waals surface area contributed by atoms with E-state index < -0.39 is 0 Å². The van der Waals surface area contributed by atoms with Crippen LogP contribution in [0.2, 0.25) is 0 Å². The van der Waals surface area contributed by atoms with E-state index in [1.165, 1.54) is 4.90 Å². The van der Waals surface area contributed by atoms with E-state index in [2.05, 4.69) is 76.3 Å². The van der Waals surface area contributed by atoms with Crippen LogP contribution in [0.5, 0.6) is 5.75 Å². The molecule has 152 valence electrons. The number of hydrogen-bond acceptors (Lipinski definition) is 5. The molecule has 2 aliphatic heterocycles. The Morgan fingerprint density at radius 2 is 1.68 bits per heavy atom. The molecule has 1 N–H and O–H groups in total. The third kappa shape index (κ3) is 2.94. The van der Waals surface area contributed by atoms with Crippen LogP contribution in [0.15, 0.2) is 95.7 Å². The number of para-hydroxylation sites is 1. The molecular formula is C25H20N4OS. The first-order valence-corrected chi connectivity index (χ1v) is 11.4. The average molecular weight is 425 g/mol. The predicted octanol–water partition coefficient (Wildman–Crippen LogP) is 5.56. The van der Waals surface area contributed by atoms with Gasteiger partial charge in [0.2, 0.25) is 5.95 Å². The molecule has 0 unspecified atom stereocenters. The van der Waals surface area contributed by atoms with Crippen LogP contribution in [0.3, 0.4) is 0 Å². The minimum absolute atomic E-state index is 0.117. The molecule has 4 aromatic rings. The third-order valence-corrected chi connectivity index (χ3v) is 6.60. The van der Waals surface area contributed by atoms with Gasteiger partial charge in [0.1, 0.15) is 24.2 Å². The molecule has 0 spiro atoms. The minimum Gasteiger partial charge on any atom is -0.480 e. The number of anilines is 1. The van der Waals surface area contributed by atoms with Crippen molar-refractivity contribution in [1.82, 2.24) is 14.8 Å². The molecule has 5 nitrogen and oxygen atoms in total. The Kier molecular flexibility index (Phi) is 4.32. The minimum atomic E-state index is -0.240. The molecular weight excluding hydrogens is 404 g/mol. The molecule has 0 fully saturated rings. The number of fused-ring (bicyclic) bond motifs is 3. The summed E-state index contributed by atoms with van der Waals surface area (Å²) in [4.78, 5) is 5.71. The summed E-state index contributed by atoms with van der Waals surface area (Å²) in [6.45, 7) is 0. The molecule has 0 radical (unpaired) electrons. The molecule has 0 amide bonds. The number of aromatic nitrogens is 3. The Balaban J connectivity index is 1.60. The Morgan fingerprint density at radius 3 is 2.48 bits per heavy atom. The first kappa shape index (κ1) is 18.3. The molecule has 2 atom stereocenters. The third-order valence-electron chi connectivity index (χ3n) is 5.86. The van der Waals surface area contributed by atoms with Crippen LogP contribution >= 0.6 is 11.8 Å². The van der Waals surface area contributed by atoms with Gasteiger partial charge >= 0.3 is 0 Å². The number of hydrogen-bond donors (Lipinski definition) is 1. The van der Waals surface area contributed by atoms with E-state index in [-0.39, 0.29) is 12.1 Å². The summed E-state index contributed by atoms with van der Waals surface area (Å²) in [5.41, 5.74) is 5.50.